The van der Waals surface area contributed by atoms with Crippen molar-refractivity contribution in [1.82, 2.24) is 5.32 Å². The summed E-state index contributed by atoms with van der Waals surface area (Å²) in [6.45, 7) is 7.64. The number of amides is 1. The van der Waals surface area contributed by atoms with Crippen LogP contribution in [0.5, 0.6) is 11.5 Å². The average molecular weight is 354 g/mol. The summed E-state index contributed by atoms with van der Waals surface area (Å²) in [4.78, 5) is 14.5. The van der Waals surface area contributed by atoms with Crippen LogP contribution in [0.1, 0.15) is 18.1 Å². The van der Waals surface area contributed by atoms with Crippen molar-refractivity contribution in [2.75, 3.05) is 37.7 Å². The summed E-state index contributed by atoms with van der Waals surface area (Å²) in [6, 6.07) is 14.1. The molecule has 0 fully saturated rings. The van der Waals surface area contributed by atoms with Crippen LogP contribution in [-0.2, 0) is 11.2 Å². The van der Waals surface area contributed by atoms with E-state index >= 15 is 0 Å². The summed E-state index contributed by atoms with van der Waals surface area (Å²) < 4.78 is 11.1. The number of nitrogens with zero attached hydrogens (tertiary/aromatic N) is 1. The van der Waals surface area contributed by atoms with Gasteiger partial charge in [-0.1, -0.05) is 18.2 Å². The molecule has 0 atom stereocenters. The summed E-state index contributed by atoms with van der Waals surface area (Å²) in [5, 5.41) is 3.01. The monoisotopic (exact) mass is 354 g/mol. The lowest BCUT2D eigenvalue weighted by Gasteiger charge is -2.23. The second kappa shape index (κ2) is 8.61. The normalized spacial score (nSPS) is 12.5. The maximum atomic E-state index is 12.2. The largest absolute Gasteiger partial charge is 0.486 e. The van der Waals surface area contributed by atoms with Gasteiger partial charge in [0.2, 0.25) is 5.91 Å². The molecule has 0 radical (unpaired) electrons. The van der Waals surface area contributed by atoms with Gasteiger partial charge in [-0.05, 0) is 49.2 Å². The lowest BCUT2D eigenvalue weighted by Crippen LogP contribution is -2.35. The quantitative estimate of drug-likeness (QED) is 0.831. The third-order valence-corrected chi connectivity index (χ3v) is 4.42. The molecule has 1 aliphatic rings. The zero-order chi connectivity index (χ0) is 18.4. The molecular weight excluding hydrogens is 328 g/mol. The van der Waals surface area contributed by atoms with Crippen molar-refractivity contribution >= 4 is 11.6 Å². The highest BCUT2D eigenvalue weighted by atomic mass is 16.6. The Kier molecular flexibility index (Phi) is 6.00. The first-order valence-electron chi connectivity index (χ1n) is 9.12. The molecule has 0 saturated carbocycles. The number of nitrogens with one attached hydrogen (secondary N) is 1. The highest BCUT2D eigenvalue weighted by molar-refractivity contribution is 5.78. The summed E-state index contributed by atoms with van der Waals surface area (Å²) in [6.07, 6.45) is 0.340. The number of hydrogen-bond donors (Lipinski definition) is 1. The standard InChI is InChI=1S/C21H26N2O3/c1-3-23(18-6-4-5-16(2)13-18)10-9-22-21(24)15-17-7-8-19-20(14-17)26-12-11-25-19/h4-8,13-14H,3,9-12,15H2,1-2H3,(H,22,24). The first-order chi connectivity index (χ1) is 12.7. The Morgan fingerprint density at radius 1 is 1.12 bits per heavy atom. The second-order valence-corrected chi connectivity index (χ2v) is 6.42. The van der Waals surface area contributed by atoms with Gasteiger partial charge in [0, 0.05) is 25.3 Å². The maximum Gasteiger partial charge on any atom is 0.224 e. The molecule has 0 bridgehead atoms. The van der Waals surface area contributed by atoms with Crippen LogP contribution in [0.15, 0.2) is 42.5 Å². The van der Waals surface area contributed by atoms with Crippen LogP contribution in [0, 0.1) is 6.92 Å². The summed E-state index contributed by atoms with van der Waals surface area (Å²) in [5.41, 5.74) is 3.36. The van der Waals surface area contributed by atoms with Crippen LogP contribution in [-0.4, -0.2) is 38.8 Å². The van der Waals surface area contributed by atoms with Gasteiger partial charge in [-0.25, -0.2) is 0 Å². The number of ether oxygens (including phenoxy) is 2. The van der Waals surface area contributed by atoms with Crippen molar-refractivity contribution in [3.8, 4) is 11.5 Å². The molecule has 2 aromatic rings. The summed E-state index contributed by atoms with van der Waals surface area (Å²) in [5.74, 6) is 1.48. The van der Waals surface area contributed by atoms with E-state index in [1.165, 1.54) is 11.3 Å². The molecule has 26 heavy (non-hydrogen) atoms. The Labute approximate surface area is 154 Å². The van der Waals surface area contributed by atoms with Crippen LogP contribution in [0.25, 0.3) is 0 Å². The molecule has 0 unspecified atom stereocenters. The van der Waals surface area contributed by atoms with Crippen LogP contribution in [0.3, 0.4) is 0 Å². The van der Waals surface area contributed by atoms with E-state index < -0.39 is 0 Å². The minimum Gasteiger partial charge on any atom is -0.486 e. The molecule has 0 aromatic heterocycles. The van der Waals surface area contributed by atoms with Gasteiger partial charge in [0.25, 0.3) is 0 Å². The number of benzene rings is 2. The van der Waals surface area contributed by atoms with Crippen molar-refractivity contribution in [2.45, 2.75) is 20.3 Å². The number of fused-ring (bicyclic) bond motifs is 1. The van der Waals surface area contributed by atoms with E-state index in [1.54, 1.807) is 0 Å². The van der Waals surface area contributed by atoms with Crippen LogP contribution >= 0.6 is 0 Å². The SMILES string of the molecule is CCN(CCNC(=O)Cc1ccc2c(c1)OCCO2)c1cccc(C)c1. The molecule has 1 amide bonds. The van der Waals surface area contributed by atoms with E-state index in [9.17, 15) is 4.79 Å². The smallest absolute Gasteiger partial charge is 0.224 e. The molecule has 1 heterocycles. The predicted molar refractivity (Wildman–Crippen MR) is 103 cm³/mol. The summed E-state index contributed by atoms with van der Waals surface area (Å²) in [7, 11) is 0. The van der Waals surface area contributed by atoms with Crippen molar-refractivity contribution < 1.29 is 14.3 Å². The fourth-order valence-corrected chi connectivity index (χ4v) is 3.07. The predicted octanol–water partition coefficient (Wildman–Crippen LogP) is 2.95. The van der Waals surface area contributed by atoms with Gasteiger partial charge in [0.1, 0.15) is 13.2 Å². The first kappa shape index (κ1) is 18.1. The molecule has 1 aliphatic heterocycles. The third-order valence-electron chi connectivity index (χ3n) is 4.42. The molecule has 5 heteroatoms. The van der Waals surface area contributed by atoms with E-state index in [-0.39, 0.29) is 5.91 Å². The average Bonchev–Trinajstić information content (AvgIpc) is 2.65. The van der Waals surface area contributed by atoms with Crippen LogP contribution < -0.4 is 19.7 Å². The molecule has 1 N–H and O–H groups in total. The van der Waals surface area contributed by atoms with E-state index in [0.717, 1.165) is 30.2 Å². The Morgan fingerprint density at radius 3 is 2.69 bits per heavy atom. The van der Waals surface area contributed by atoms with Gasteiger partial charge in [-0.15, -0.1) is 0 Å². The van der Waals surface area contributed by atoms with Crippen LogP contribution in [0.2, 0.25) is 0 Å². The second-order valence-electron chi connectivity index (χ2n) is 6.42. The molecule has 5 nitrogen and oxygen atoms in total. The van der Waals surface area contributed by atoms with Crippen molar-refractivity contribution in [3.05, 3.63) is 53.6 Å². The van der Waals surface area contributed by atoms with E-state index in [2.05, 4.69) is 48.3 Å². The lowest BCUT2D eigenvalue weighted by atomic mass is 10.1. The highest BCUT2D eigenvalue weighted by Crippen LogP contribution is 2.30. The number of carbonyl (C=O) groups is 1. The molecule has 3 rings (SSSR count). The molecule has 138 valence electrons. The Morgan fingerprint density at radius 2 is 1.92 bits per heavy atom. The lowest BCUT2D eigenvalue weighted by molar-refractivity contribution is -0.120. The minimum absolute atomic E-state index is 0.0157. The zero-order valence-electron chi connectivity index (χ0n) is 15.5. The molecule has 0 saturated heterocycles. The number of hydrogen-bond acceptors (Lipinski definition) is 4. The molecule has 0 aliphatic carbocycles. The van der Waals surface area contributed by atoms with Gasteiger partial charge >= 0.3 is 0 Å². The van der Waals surface area contributed by atoms with Gasteiger partial charge in [-0.2, -0.15) is 0 Å². The van der Waals surface area contributed by atoms with Gasteiger partial charge in [-0.3, -0.25) is 4.79 Å². The van der Waals surface area contributed by atoms with Crippen molar-refractivity contribution in [1.29, 1.82) is 0 Å². The van der Waals surface area contributed by atoms with E-state index in [1.807, 2.05) is 18.2 Å². The van der Waals surface area contributed by atoms with E-state index in [4.69, 9.17) is 9.47 Å². The van der Waals surface area contributed by atoms with Gasteiger partial charge in [0.05, 0.1) is 6.42 Å². The van der Waals surface area contributed by atoms with Gasteiger partial charge in [0.15, 0.2) is 11.5 Å². The maximum absolute atomic E-state index is 12.2. The number of aryl methyl sites for hydroxylation is 1. The topological polar surface area (TPSA) is 50.8 Å². The van der Waals surface area contributed by atoms with Crippen molar-refractivity contribution in [3.63, 3.8) is 0 Å². The number of carbonyl (C=O) groups excluding carboxylic acids is 1. The molecule has 0 spiro atoms. The van der Waals surface area contributed by atoms with E-state index in [0.29, 0.717) is 26.2 Å². The minimum atomic E-state index is 0.0157. The fraction of sp³-hybridized carbons (Fsp3) is 0.381. The van der Waals surface area contributed by atoms with Crippen molar-refractivity contribution in [2.24, 2.45) is 0 Å². The number of likely N-dealkylation sites (N-methyl/N-ethyl adjacent to an activating group) is 1. The highest BCUT2D eigenvalue weighted by Gasteiger charge is 2.13. The fourth-order valence-electron chi connectivity index (χ4n) is 3.07. The number of anilines is 1. The molecule has 2 aromatic carbocycles. The Bertz CT molecular complexity index is 761. The Hall–Kier alpha value is -2.69. The molecular formula is C21H26N2O3. The first-order valence-corrected chi connectivity index (χ1v) is 9.12. The van der Waals surface area contributed by atoms with Gasteiger partial charge < -0.3 is 19.7 Å². The number of rotatable bonds is 7. The Balaban J connectivity index is 1.49. The summed E-state index contributed by atoms with van der Waals surface area (Å²) >= 11 is 0. The van der Waals surface area contributed by atoms with Crippen LogP contribution in [0.4, 0.5) is 5.69 Å². The third kappa shape index (κ3) is 4.69. The zero-order valence-corrected chi connectivity index (χ0v) is 15.5.